The number of nitrogens with zero attached hydrogens (tertiary/aromatic N) is 4. The lowest BCUT2D eigenvalue weighted by molar-refractivity contribution is 1.19. The van der Waals surface area contributed by atoms with Crippen LogP contribution in [0.4, 0.5) is 5.69 Å². The van der Waals surface area contributed by atoms with E-state index in [0.717, 1.165) is 22.6 Å². The van der Waals surface area contributed by atoms with E-state index in [4.69, 9.17) is 5.26 Å². The SMILES string of the molecule is CSC(=Nc1cccc(-c2cn3ccccc3n2)c1)NC#N. The summed E-state index contributed by atoms with van der Waals surface area (Å²) in [5.41, 5.74) is 3.56. The summed E-state index contributed by atoms with van der Waals surface area (Å²) in [5.74, 6) is 0. The molecule has 0 amide bonds. The van der Waals surface area contributed by atoms with Gasteiger partial charge in [0.25, 0.3) is 0 Å². The van der Waals surface area contributed by atoms with Gasteiger partial charge in [-0.1, -0.05) is 30.0 Å². The molecule has 0 aliphatic heterocycles. The third-order valence-corrected chi connectivity index (χ3v) is 3.67. The number of aliphatic imine (C=N–C) groups is 1. The maximum absolute atomic E-state index is 8.69. The van der Waals surface area contributed by atoms with Gasteiger partial charge < -0.3 is 4.40 Å². The number of pyridine rings is 1. The summed E-state index contributed by atoms with van der Waals surface area (Å²) < 4.78 is 1.98. The van der Waals surface area contributed by atoms with Gasteiger partial charge in [-0.15, -0.1) is 0 Å². The number of nitriles is 1. The Labute approximate surface area is 132 Å². The van der Waals surface area contributed by atoms with E-state index in [1.807, 2.05) is 71.7 Å². The van der Waals surface area contributed by atoms with Gasteiger partial charge in [-0.05, 0) is 30.5 Å². The molecule has 5 nitrogen and oxygen atoms in total. The molecular weight excluding hydrogens is 294 g/mol. The monoisotopic (exact) mass is 307 g/mol. The summed E-state index contributed by atoms with van der Waals surface area (Å²) in [7, 11) is 0. The Morgan fingerprint density at radius 3 is 3.00 bits per heavy atom. The summed E-state index contributed by atoms with van der Waals surface area (Å²) in [6.45, 7) is 0. The molecule has 0 bridgehead atoms. The molecule has 0 aliphatic rings. The van der Waals surface area contributed by atoms with Crippen molar-refractivity contribution in [2.45, 2.75) is 0 Å². The van der Waals surface area contributed by atoms with E-state index < -0.39 is 0 Å². The molecule has 3 rings (SSSR count). The maximum atomic E-state index is 8.69. The fraction of sp³-hybridized carbons (Fsp3) is 0.0625. The molecule has 22 heavy (non-hydrogen) atoms. The zero-order valence-corrected chi connectivity index (χ0v) is 12.7. The molecule has 0 unspecified atom stereocenters. The first kappa shape index (κ1) is 14.2. The van der Waals surface area contributed by atoms with Gasteiger partial charge >= 0.3 is 0 Å². The lowest BCUT2D eigenvalue weighted by Crippen LogP contribution is -2.12. The van der Waals surface area contributed by atoms with Gasteiger partial charge in [-0.2, -0.15) is 5.26 Å². The van der Waals surface area contributed by atoms with Crippen LogP contribution in [0.15, 0.2) is 59.9 Å². The molecule has 0 saturated heterocycles. The normalized spacial score (nSPS) is 11.4. The lowest BCUT2D eigenvalue weighted by Gasteiger charge is -2.01. The van der Waals surface area contributed by atoms with Gasteiger partial charge in [0.2, 0.25) is 0 Å². The number of amidine groups is 1. The van der Waals surface area contributed by atoms with Crippen LogP contribution in [0.3, 0.4) is 0 Å². The summed E-state index contributed by atoms with van der Waals surface area (Å²) in [4.78, 5) is 9.02. The molecule has 0 aliphatic carbocycles. The Bertz CT molecular complexity index is 842. The van der Waals surface area contributed by atoms with E-state index in [1.54, 1.807) is 0 Å². The van der Waals surface area contributed by atoms with E-state index in [2.05, 4.69) is 15.3 Å². The summed E-state index contributed by atoms with van der Waals surface area (Å²) in [6.07, 6.45) is 7.71. The minimum Gasteiger partial charge on any atom is -0.306 e. The van der Waals surface area contributed by atoms with Crippen LogP contribution >= 0.6 is 11.8 Å². The summed E-state index contributed by atoms with van der Waals surface area (Å²) >= 11 is 1.39. The van der Waals surface area contributed by atoms with E-state index in [-0.39, 0.29) is 0 Å². The van der Waals surface area contributed by atoms with Crippen LogP contribution in [-0.2, 0) is 0 Å². The van der Waals surface area contributed by atoms with Crippen LogP contribution in [0.1, 0.15) is 0 Å². The van der Waals surface area contributed by atoms with Crippen LogP contribution in [-0.4, -0.2) is 20.8 Å². The summed E-state index contributed by atoms with van der Waals surface area (Å²) in [5, 5.41) is 11.8. The number of benzene rings is 1. The van der Waals surface area contributed by atoms with Gasteiger partial charge in [0.1, 0.15) is 5.65 Å². The van der Waals surface area contributed by atoms with Gasteiger partial charge in [0.15, 0.2) is 11.4 Å². The molecule has 2 aromatic heterocycles. The highest BCUT2D eigenvalue weighted by molar-refractivity contribution is 8.13. The van der Waals surface area contributed by atoms with Crippen molar-refractivity contribution in [2.75, 3.05) is 6.26 Å². The largest absolute Gasteiger partial charge is 0.306 e. The van der Waals surface area contributed by atoms with Crippen molar-refractivity contribution in [3.63, 3.8) is 0 Å². The second-order valence-electron chi connectivity index (χ2n) is 4.50. The Morgan fingerprint density at radius 2 is 2.23 bits per heavy atom. The van der Waals surface area contributed by atoms with E-state index in [9.17, 15) is 0 Å². The highest BCUT2D eigenvalue weighted by Gasteiger charge is 2.05. The van der Waals surface area contributed by atoms with Crippen molar-refractivity contribution in [3.05, 3.63) is 54.9 Å². The standard InChI is InChI=1S/C16H13N5S/c1-22-16(18-11-17)19-13-6-4-5-12(9-13)14-10-21-8-3-2-7-15(21)20-14/h2-10H,1H3,(H,18,19). The average Bonchev–Trinajstić information content (AvgIpc) is 2.99. The fourth-order valence-corrected chi connectivity index (χ4v) is 2.44. The number of hydrogen-bond donors (Lipinski definition) is 1. The number of rotatable bonds is 2. The molecule has 0 atom stereocenters. The molecule has 2 heterocycles. The first-order chi connectivity index (χ1) is 10.8. The highest BCUT2D eigenvalue weighted by atomic mass is 32.2. The smallest absolute Gasteiger partial charge is 0.183 e. The predicted molar refractivity (Wildman–Crippen MR) is 90.0 cm³/mol. The molecule has 0 radical (unpaired) electrons. The van der Waals surface area contributed by atoms with E-state index >= 15 is 0 Å². The summed E-state index contributed by atoms with van der Waals surface area (Å²) in [6, 6.07) is 13.7. The Balaban J connectivity index is 1.99. The molecule has 6 heteroatoms. The highest BCUT2D eigenvalue weighted by Crippen LogP contribution is 2.24. The van der Waals surface area contributed by atoms with Crippen LogP contribution < -0.4 is 5.32 Å². The van der Waals surface area contributed by atoms with Crippen molar-refractivity contribution in [2.24, 2.45) is 4.99 Å². The molecule has 0 spiro atoms. The number of fused-ring (bicyclic) bond motifs is 1. The van der Waals surface area contributed by atoms with Crippen LogP contribution in [0.2, 0.25) is 0 Å². The fourth-order valence-electron chi connectivity index (χ4n) is 2.10. The molecule has 108 valence electrons. The lowest BCUT2D eigenvalue weighted by atomic mass is 10.1. The topological polar surface area (TPSA) is 65.5 Å². The number of thioether (sulfide) groups is 1. The molecular formula is C16H13N5S. The van der Waals surface area contributed by atoms with Crippen molar-refractivity contribution in [1.82, 2.24) is 14.7 Å². The molecule has 1 aromatic carbocycles. The van der Waals surface area contributed by atoms with Gasteiger partial charge in [0.05, 0.1) is 11.4 Å². The van der Waals surface area contributed by atoms with Crippen molar-refractivity contribution in [3.8, 4) is 17.5 Å². The Kier molecular flexibility index (Phi) is 4.08. The van der Waals surface area contributed by atoms with E-state index in [0.29, 0.717) is 5.17 Å². The second kappa shape index (κ2) is 6.33. The Morgan fingerprint density at radius 1 is 1.32 bits per heavy atom. The molecule has 0 fully saturated rings. The third kappa shape index (κ3) is 2.95. The second-order valence-corrected chi connectivity index (χ2v) is 5.30. The number of nitrogens with one attached hydrogen (secondary N) is 1. The van der Waals surface area contributed by atoms with Crippen molar-refractivity contribution >= 4 is 28.3 Å². The van der Waals surface area contributed by atoms with Gasteiger partial charge in [-0.3, -0.25) is 5.32 Å². The molecule has 0 saturated carbocycles. The first-order valence-electron chi connectivity index (χ1n) is 6.62. The zero-order valence-electron chi connectivity index (χ0n) is 11.9. The van der Waals surface area contributed by atoms with Gasteiger partial charge in [0, 0.05) is 18.0 Å². The van der Waals surface area contributed by atoms with Gasteiger partial charge in [-0.25, -0.2) is 9.98 Å². The first-order valence-corrected chi connectivity index (χ1v) is 7.84. The maximum Gasteiger partial charge on any atom is 0.183 e. The molecule has 3 aromatic rings. The number of hydrogen-bond acceptors (Lipinski definition) is 4. The number of imidazole rings is 1. The minimum absolute atomic E-state index is 0.564. The minimum atomic E-state index is 0.564. The predicted octanol–water partition coefficient (Wildman–Crippen LogP) is 3.42. The van der Waals surface area contributed by atoms with Crippen LogP contribution in [0.25, 0.3) is 16.9 Å². The van der Waals surface area contributed by atoms with Crippen molar-refractivity contribution < 1.29 is 0 Å². The van der Waals surface area contributed by atoms with Crippen LogP contribution in [0, 0.1) is 11.5 Å². The zero-order chi connectivity index (χ0) is 15.4. The quantitative estimate of drug-likeness (QED) is 0.341. The van der Waals surface area contributed by atoms with Crippen LogP contribution in [0.5, 0.6) is 0 Å². The number of aromatic nitrogens is 2. The molecule has 1 N–H and O–H groups in total. The van der Waals surface area contributed by atoms with Crippen molar-refractivity contribution in [1.29, 1.82) is 5.26 Å². The van der Waals surface area contributed by atoms with E-state index in [1.165, 1.54) is 11.8 Å². The Hall–Kier alpha value is -2.78. The average molecular weight is 307 g/mol. The third-order valence-electron chi connectivity index (χ3n) is 3.09.